The van der Waals surface area contributed by atoms with Crippen molar-refractivity contribution in [3.8, 4) is 5.75 Å². The van der Waals surface area contributed by atoms with Gasteiger partial charge in [0.05, 0.1) is 0 Å². The number of likely N-dealkylation sites (N-methyl/N-ethyl adjacent to an activating group) is 1. The van der Waals surface area contributed by atoms with Crippen LogP contribution in [0, 0.1) is 5.82 Å². The van der Waals surface area contributed by atoms with E-state index in [1.165, 1.54) is 6.07 Å². The van der Waals surface area contributed by atoms with Gasteiger partial charge in [0.25, 0.3) is 0 Å². The van der Waals surface area contributed by atoms with Crippen LogP contribution in [0.1, 0.15) is 0 Å². The van der Waals surface area contributed by atoms with Crippen LogP contribution in [-0.2, 0) is 0 Å². The second-order valence-corrected chi connectivity index (χ2v) is 4.07. The van der Waals surface area contributed by atoms with Crippen LogP contribution in [0.2, 0.25) is 0 Å². The lowest BCUT2D eigenvalue weighted by atomic mass is 10.1. The van der Waals surface area contributed by atoms with Crippen molar-refractivity contribution in [3.63, 3.8) is 0 Å². The predicted octanol–water partition coefficient (Wildman–Crippen LogP) is 1.11. The number of rotatable bonds is 5. The molecule has 0 saturated carbocycles. The molecule has 1 fully saturated rings. The minimum absolute atomic E-state index is 0.296. The van der Waals surface area contributed by atoms with Crippen molar-refractivity contribution in [3.05, 3.63) is 30.1 Å². The maximum absolute atomic E-state index is 13.2. The highest BCUT2D eigenvalue weighted by Crippen LogP contribution is 2.15. The Morgan fingerprint density at radius 1 is 1.44 bits per heavy atom. The Bertz CT molecular complexity index is 342. The van der Waals surface area contributed by atoms with Gasteiger partial charge in [-0.15, -0.1) is 0 Å². The van der Waals surface area contributed by atoms with Crippen molar-refractivity contribution in [2.45, 2.75) is 6.04 Å². The molecule has 1 aliphatic rings. The summed E-state index contributed by atoms with van der Waals surface area (Å²) >= 11 is 0. The molecule has 0 atom stereocenters. The van der Waals surface area contributed by atoms with Gasteiger partial charge in [-0.3, -0.25) is 4.90 Å². The van der Waals surface area contributed by atoms with Gasteiger partial charge in [-0.05, 0) is 19.2 Å². The summed E-state index contributed by atoms with van der Waals surface area (Å²) in [6.07, 6.45) is 0. The quantitative estimate of drug-likeness (QED) is 0.811. The molecule has 0 aromatic heterocycles. The largest absolute Gasteiger partial charge is 0.489 e. The van der Waals surface area contributed by atoms with E-state index in [0.717, 1.165) is 19.6 Å². The Balaban J connectivity index is 1.73. The summed E-state index contributed by atoms with van der Waals surface area (Å²) in [5.74, 6) is 0.0399. The van der Waals surface area contributed by atoms with Crippen molar-refractivity contribution in [1.82, 2.24) is 10.2 Å². The van der Waals surface area contributed by atoms with Crippen LogP contribution in [0.25, 0.3) is 0 Å². The van der Waals surface area contributed by atoms with Gasteiger partial charge in [0.15, 0.2) is 11.6 Å². The summed E-state index contributed by atoms with van der Waals surface area (Å²) in [5.41, 5.74) is 0. The second-order valence-electron chi connectivity index (χ2n) is 4.07. The molecule has 0 spiro atoms. The predicted molar refractivity (Wildman–Crippen MR) is 61.2 cm³/mol. The average Bonchev–Trinajstić information content (AvgIpc) is 2.18. The lowest BCUT2D eigenvalue weighted by Gasteiger charge is -2.35. The van der Waals surface area contributed by atoms with Gasteiger partial charge in [0, 0.05) is 25.7 Å². The number of halogens is 1. The van der Waals surface area contributed by atoms with E-state index in [0.29, 0.717) is 18.4 Å². The molecule has 1 N–H and O–H groups in total. The molecule has 0 bridgehead atoms. The van der Waals surface area contributed by atoms with Crippen LogP contribution >= 0.6 is 0 Å². The molecule has 1 saturated heterocycles. The first-order valence-electron chi connectivity index (χ1n) is 5.55. The van der Waals surface area contributed by atoms with E-state index in [-0.39, 0.29) is 5.82 Å². The molecule has 3 nitrogen and oxygen atoms in total. The van der Waals surface area contributed by atoms with Gasteiger partial charge in [-0.1, -0.05) is 12.1 Å². The van der Waals surface area contributed by atoms with Gasteiger partial charge in [-0.2, -0.15) is 0 Å². The standard InChI is InChI=1S/C12H17FN2O/c1-15(10-8-14-9-10)6-7-16-12-5-3-2-4-11(12)13/h2-5,10,14H,6-9H2,1H3. The molecule has 0 unspecified atom stereocenters. The van der Waals surface area contributed by atoms with Crippen molar-refractivity contribution in [1.29, 1.82) is 0 Å². The molecule has 1 aliphatic heterocycles. The fourth-order valence-electron chi connectivity index (χ4n) is 1.63. The zero-order valence-corrected chi connectivity index (χ0v) is 9.45. The average molecular weight is 224 g/mol. The van der Waals surface area contributed by atoms with E-state index < -0.39 is 0 Å². The Labute approximate surface area is 95.2 Å². The van der Waals surface area contributed by atoms with Crippen molar-refractivity contribution in [2.75, 3.05) is 33.3 Å². The van der Waals surface area contributed by atoms with Gasteiger partial charge >= 0.3 is 0 Å². The van der Waals surface area contributed by atoms with E-state index in [4.69, 9.17) is 4.74 Å². The number of benzene rings is 1. The summed E-state index contributed by atoms with van der Waals surface area (Å²) in [6, 6.07) is 7.10. The Morgan fingerprint density at radius 3 is 2.81 bits per heavy atom. The number of hydrogen-bond donors (Lipinski definition) is 1. The molecule has 1 aromatic carbocycles. The maximum atomic E-state index is 13.2. The van der Waals surface area contributed by atoms with E-state index in [1.807, 2.05) is 0 Å². The van der Waals surface area contributed by atoms with Gasteiger partial charge in [0.2, 0.25) is 0 Å². The van der Waals surface area contributed by atoms with Gasteiger partial charge < -0.3 is 10.1 Å². The fraction of sp³-hybridized carbons (Fsp3) is 0.500. The zero-order valence-electron chi connectivity index (χ0n) is 9.45. The number of nitrogens with zero attached hydrogens (tertiary/aromatic N) is 1. The smallest absolute Gasteiger partial charge is 0.165 e. The number of para-hydroxylation sites is 1. The lowest BCUT2D eigenvalue weighted by molar-refractivity contribution is 0.149. The molecule has 4 heteroatoms. The molecule has 1 aromatic rings. The molecule has 0 aliphatic carbocycles. The van der Waals surface area contributed by atoms with Crippen LogP contribution in [-0.4, -0.2) is 44.2 Å². The summed E-state index contributed by atoms with van der Waals surface area (Å²) in [7, 11) is 2.07. The van der Waals surface area contributed by atoms with E-state index in [9.17, 15) is 4.39 Å². The Hall–Kier alpha value is -1.13. The van der Waals surface area contributed by atoms with E-state index in [2.05, 4.69) is 17.3 Å². The second kappa shape index (κ2) is 5.27. The van der Waals surface area contributed by atoms with Crippen LogP contribution in [0.3, 0.4) is 0 Å². The summed E-state index contributed by atoms with van der Waals surface area (Å²) < 4.78 is 18.6. The topological polar surface area (TPSA) is 24.5 Å². The Morgan fingerprint density at radius 2 is 2.19 bits per heavy atom. The van der Waals surface area contributed by atoms with Crippen molar-refractivity contribution >= 4 is 0 Å². The molecule has 2 rings (SSSR count). The third-order valence-electron chi connectivity index (χ3n) is 2.92. The van der Waals surface area contributed by atoms with Crippen molar-refractivity contribution < 1.29 is 9.13 Å². The molecular weight excluding hydrogens is 207 g/mol. The van der Waals surface area contributed by atoms with Crippen LogP contribution in [0.4, 0.5) is 4.39 Å². The summed E-state index contributed by atoms with van der Waals surface area (Å²) in [6.45, 7) is 3.42. The first-order chi connectivity index (χ1) is 7.77. The van der Waals surface area contributed by atoms with Crippen LogP contribution in [0.5, 0.6) is 5.75 Å². The Kier molecular flexibility index (Phi) is 3.74. The third kappa shape index (κ3) is 2.71. The van der Waals surface area contributed by atoms with Crippen molar-refractivity contribution in [2.24, 2.45) is 0 Å². The fourth-order valence-corrected chi connectivity index (χ4v) is 1.63. The lowest BCUT2D eigenvalue weighted by Crippen LogP contribution is -2.56. The van der Waals surface area contributed by atoms with Gasteiger partial charge in [-0.25, -0.2) is 4.39 Å². The van der Waals surface area contributed by atoms with Crippen LogP contribution in [0.15, 0.2) is 24.3 Å². The minimum Gasteiger partial charge on any atom is -0.489 e. The maximum Gasteiger partial charge on any atom is 0.165 e. The highest BCUT2D eigenvalue weighted by molar-refractivity contribution is 5.23. The minimum atomic E-state index is -0.296. The molecule has 1 heterocycles. The highest BCUT2D eigenvalue weighted by atomic mass is 19.1. The third-order valence-corrected chi connectivity index (χ3v) is 2.92. The van der Waals surface area contributed by atoms with Gasteiger partial charge in [0.1, 0.15) is 6.61 Å². The first kappa shape index (κ1) is 11.4. The zero-order chi connectivity index (χ0) is 11.4. The first-order valence-corrected chi connectivity index (χ1v) is 5.55. The summed E-state index contributed by atoms with van der Waals surface area (Å²) in [5, 5.41) is 3.22. The normalized spacial score (nSPS) is 16.2. The number of hydrogen-bond acceptors (Lipinski definition) is 3. The highest BCUT2D eigenvalue weighted by Gasteiger charge is 2.20. The molecule has 88 valence electrons. The van der Waals surface area contributed by atoms with Crippen LogP contribution < -0.4 is 10.1 Å². The van der Waals surface area contributed by atoms with E-state index >= 15 is 0 Å². The number of ether oxygens (including phenoxy) is 1. The van der Waals surface area contributed by atoms with E-state index in [1.54, 1.807) is 18.2 Å². The monoisotopic (exact) mass is 224 g/mol. The molecule has 0 radical (unpaired) electrons. The molecule has 16 heavy (non-hydrogen) atoms. The summed E-state index contributed by atoms with van der Waals surface area (Å²) in [4.78, 5) is 2.23. The number of nitrogens with one attached hydrogen (secondary N) is 1. The molecular formula is C12H17FN2O. The SMILES string of the molecule is CN(CCOc1ccccc1F)C1CNC1. The molecule has 0 amide bonds.